The number of hydrogen-bond donors (Lipinski definition) is 4. The molecular weight excluding hydrogens is 925 g/mol. The van der Waals surface area contributed by atoms with Crippen molar-refractivity contribution in [1.82, 2.24) is 10.2 Å². The first-order valence-corrected chi connectivity index (χ1v) is 29.0. The van der Waals surface area contributed by atoms with Crippen LogP contribution in [-0.2, 0) is 46.2 Å². The van der Waals surface area contributed by atoms with E-state index in [1.807, 2.05) is 12.1 Å². The van der Waals surface area contributed by atoms with Crippen LogP contribution in [0.1, 0.15) is 139 Å². The number of epoxide rings is 1. The number of aliphatic hydroxyl groups is 3. The first-order valence-electron chi connectivity index (χ1n) is 29.0. The number of fused-ring (bicyclic) bond motifs is 7. The number of nitrogens with zero attached hydrogens (tertiary/aromatic N) is 1. The molecule has 394 valence electrons. The Hall–Kier alpha value is -3.59. The molecule has 4 N–H and O–H groups in total. The van der Waals surface area contributed by atoms with Gasteiger partial charge >= 0.3 is 11.9 Å². The second-order valence-corrected chi connectivity index (χ2v) is 26.1. The molecule has 73 heavy (non-hydrogen) atoms. The SMILES string of the molecule is C[C@@]12CC[C@@H]3[C@@]45COC(=O)C[C@@H]4O[C@@]4(CCC[C@@H]6CCCC[C@@H]64)[C@H]5C(=O)[C@@H](O)[C@@]3([C@H]3CCC[C@H](Cc4ccccc4)C3)[C@]13O[C@@H]3C(=O)O[C@H]2c1ccoc1C[C@@H]([C@H]1CC[C@H]2[C@H](C=CN3CNC[C@@H]23)C1)[C@H](O)CO. The van der Waals surface area contributed by atoms with Crippen molar-refractivity contribution in [3.05, 3.63) is 71.8 Å². The van der Waals surface area contributed by atoms with E-state index in [4.69, 9.17) is 23.4 Å². The molecule has 0 unspecified atom stereocenters. The Morgan fingerprint density at radius 1 is 0.904 bits per heavy atom. The van der Waals surface area contributed by atoms with Crippen LogP contribution in [0.2, 0.25) is 0 Å². The Morgan fingerprint density at radius 2 is 1.75 bits per heavy atom. The summed E-state index contributed by atoms with van der Waals surface area (Å²) >= 11 is 0. The van der Waals surface area contributed by atoms with Crippen LogP contribution < -0.4 is 5.32 Å². The minimum Gasteiger partial charge on any atom is -0.469 e. The van der Waals surface area contributed by atoms with E-state index in [1.165, 1.54) is 12.0 Å². The van der Waals surface area contributed by atoms with Gasteiger partial charge in [0.1, 0.15) is 30.2 Å². The van der Waals surface area contributed by atoms with Gasteiger partial charge in [0.2, 0.25) is 0 Å². The molecule has 13 nitrogen and oxygen atoms in total. The van der Waals surface area contributed by atoms with E-state index in [-0.39, 0.29) is 66.9 Å². The summed E-state index contributed by atoms with van der Waals surface area (Å²) < 4.78 is 34.5. The molecule has 6 saturated carbocycles. The molecule has 3 spiro atoms. The summed E-state index contributed by atoms with van der Waals surface area (Å²) in [6.45, 7) is 3.72. The van der Waals surface area contributed by atoms with Crippen molar-refractivity contribution in [3.8, 4) is 0 Å². The van der Waals surface area contributed by atoms with Crippen molar-refractivity contribution in [3.63, 3.8) is 0 Å². The number of benzene rings is 1. The van der Waals surface area contributed by atoms with E-state index in [0.717, 1.165) is 109 Å². The largest absolute Gasteiger partial charge is 0.469 e. The molecule has 13 heteroatoms. The minimum atomic E-state index is -1.45. The summed E-state index contributed by atoms with van der Waals surface area (Å²) in [5.41, 5.74) is -3.18. The van der Waals surface area contributed by atoms with Gasteiger partial charge in [-0.3, -0.25) is 14.9 Å². The van der Waals surface area contributed by atoms with E-state index < -0.39 is 69.9 Å². The lowest BCUT2D eigenvalue weighted by molar-refractivity contribution is -0.277. The van der Waals surface area contributed by atoms with Crippen LogP contribution in [-0.4, -0.2) is 106 Å². The summed E-state index contributed by atoms with van der Waals surface area (Å²) in [5, 5.41) is 39.9. The Balaban J connectivity index is 0.875. The number of ether oxygens (including phenoxy) is 4. The third kappa shape index (κ3) is 6.56. The van der Waals surface area contributed by atoms with Gasteiger partial charge in [-0.2, -0.15) is 0 Å². The molecule has 12 aliphatic rings. The average Bonchev–Trinajstić information content (AvgIpc) is 3.72. The van der Waals surface area contributed by atoms with Gasteiger partial charge in [-0.15, -0.1) is 0 Å². The van der Waals surface area contributed by atoms with Crippen LogP contribution in [0, 0.1) is 75.4 Å². The molecule has 7 heterocycles. The molecule has 21 atom stereocenters. The molecule has 6 aliphatic carbocycles. The normalized spacial score (nSPS) is 48.1. The molecule has 1 aromatic carbocycles. The van der Waals surface area contributed by atoms with Gasteiger partial charge in [-0.25, -0.2) is 4.79 Å². The number of allylic oxidation sites excluding steroid dienone is 1. The Labute approximate surface area is 429 Å². The highest BCUT2D eigenvalue weighted by atomic mass is 16.7. The highest BCUT2D eigenvalue weighted by molar-refractivity contribution is 5.92. The predicted octanol–water partition coefficient (Wildman–Crippen LogP) is 7.39. The van der Waals surface area contributed by atoms with Crippen LogP contribution in [0.5, 0.6) is 0 Å². The fraction of sp³-hybridized carbons (Fsp3) is 0.750. The summed E-state index contributed by atoms with van der Waals surface area (Å²) in [6, 6.07) is 13.0. The third-order valence-corrected chi connectivity index (χ3v) is 23.5. The fourth-order valence-electron chi connectivity index (χ4n) is 20.9. The standard InChI is InChI=1S/C60H78N2O11/c1-56-22-18-47-57-32-70-49(65)29-48(57)72-58(21-8-13-36-12-5-6-15-43(36)58)51(57)50(66)52(67)59(47,39-14-7-11-35(26-39)25-34-9-3-2-4-10-34)60(56)54(73-60)55(68)71-53(56)41-20-24-69-46(41)28-42(45(64)31-63)37-16-17-40-38(27-37)19-23-62-33-61-30-44(40)62/h2-4,9-10,19-20,23-24,35-40,42-45,47-48,51-54,61,63-64,67H,5-8,11-18,21-22,25-33H2,1H3/t35-,36+,37+,38-,39+,40+,42+,43+,44+,45-,47-,48+,51+,52-,53+,54-,56+,57+,58-,59+,60-/m1/s1. The van der Waals surface area contributed by atoms with E-state index in [2.05, 4.69) is 53.7 Å². The highest BCUT2D eigenvalue weighted by Gasteiger charge is 2.93. The second-order valence-electron chi connectivity index (χ2n) is 26.1. The number of Topliss-reactive ketones (excluding diaryl/α,β-unsaturated/α-hetero) is 1. The number of carbonyl (C=O) groups excluding carboxylic acids is 3. The lowest BCUT2D eigenvalue weighted by Crippen LogP contribution is -2.79. The van der Waals surface area contributed by atoms with Gasteiger partial charge in [-0.05, 0) is 142 Å². The predicted molar refractivity (Wildman–Crippen MR) is 266 cm³/mol. The topological polar surface area (TPSA) is 181 Å². The first kappa shape index (κ1) is 47.8. The number of esters is 2. The number of nitrogens with one attached hydrogen (secondary N) is 1. The highest BCUT2D eigenvalue weighted by Crippen LogP contribution is 2.83. The zero-order valence-corrected chi connectivity index (χ0v) is 42.8. The number of rotatable bonds is 9. The number of furan rings is 1. The van der Waals surface area contributed by atoms with Crippen molar-refractivity contribution in [2.75, 3.05) is 26.4 Å². The maximum Gasteiger partial charge on any atom is 0.339 e. The van der Waals surface area contributed by atoms with Gasteiger partial charge in [0, 0.05) is 40.8 Å². The number of hydrogen-bond acceptors (Lipinski definition) is 13. The number of ketones is 1. The molecule has 14 rings (SSSR count). The molecule has 2 aromatic rings. The molecule has 11 fully saturated rings. The molecule has 0 radical (unpaired) electrons. The van der Waals surface area contributed by atoms with Crippen molar-refractivity contribution in [1.29, 1.82) is 0 Å². The lowest BCUT2D eigenvalue weighted by Gasteiger charge is -2.70. The molecule has 0 bridgehead atoms. The van der Waals surface area contributed by atoms with E-state index in [9.17, 15) is 20.1 Å². The third-order valence-electron chi connectivity index (χ3n) is 23.5. The van der Waals surface area contributed by atoms with Crippen molar-refractivity contribution in [2.45, 2.75) is 177 Å². The first-order chi connectivity index (χ1) is 35.5. The Bertz CT molecular complexity index is 2510. The molecular formula is C60H78N2O11. The van der Waals surface area contributed by atoms with Crippen LogP contribution in [0.15, 0.2) is 59.4 Å². The number of cyclic esters (lactones) is 2. The van der Waals surface area contributed by atoms with E-state index in [0.29, 0.717) is 48.8 Å². The van der Waals surface area contributed by atoms with E-state index >= 15 is 9.59 Å². The lowest BCUT2D eigenvalue weighted by atomic mass is 9.32. The van der Waals surface area contributed by atoms with Crippen molar-refractivity contribution >= 4 is 17.7 Å². The fourth-order valence-corrected chi connectivity index (χ4v) is 20.9. The Kier molecular flexibility index (Phi) is 11.4. The maximum atomic E-state index is 16.5. The van der Waals surface area contributed by atoms with E-state index in [1.54, 1.807) is 6.26 Å². The van der Waals surface area contributed by atoms with Crippen LogP contribution in [0.3, 0.4) is 0 Å². The maximum absolute atomic E-state index is 16.5. The van der Waals surface area contributed by atoms with Crippen molar-refractivity contribution < 1.29 is 53.1 Å². The average molecular weight is 1000 g/mol. The quantitative estimate of drug-likeness (QED) is 0.144. The van der Waals surface area contributed by atoms with Crippen LogP contribution in [0.25, 0.3) is 0 Å². The van der Waals surface area contributed by atoms with Gasteiger partial charge in [0.05, 0.1) is 49.7 Å². The summed E-state index contributed by atoms with van der Waals surface area (Å²) in [6.07, 6.45) is 17.4. The van der Waals surface area contributed by atoms with Gasteiger partial charge in [-0.1, -0.05) is 81.9 Å². The monoisotopic (exact) mass is 1000 g/mol. The van der Waals surface area contributed by atoms with Crippen LogP contribution in [0.4, 0.5) is 0 Å². The summed E-state index contributed by atoms with van der Waals surface area (Å²) in [7, 11) is 0. The van der Waals surface area contributed by atoms with Gasteiger partial charge < -0.3 is 43.6 Å². The molecule has 6 aliphatic heterocycles. The second kappa shape index (κ2) is 17.5. The molecule has 0 amide bonds. The summed E-state index contributed by atoms with van der Waals surface area (Å²) in [5.74, 6) is 0.0516. The molecule has 5 saturated heterocycles. The smallest absolute Gasteiger partial charge is 0.339 e. The Morgan fingerprint density at radius 3 is 2.62 bits per heavy atom. The number of carbonyl (C=O) groups is 3. The number of aliphatic hydroxyl groups excluding tert-OH is 3. The summed E-state index contributed by atoms with van der Waals surface area (Å²) in [4.78, 5) is 47.8. The van der Waals surface area contributed by atoms with Gasteiger partial charge in [0.25, 0.3) is 0 Å². The minimum absolute atomic E-state index is 0.0610. The van der Waals surface area contributed by atoms with Crippen molar-refractivity contribution in [2.24, 2.45) is 75.4 Å². The molecule has 1 aromatic heterocycles. The van der Waals surface area contributed by atoms with Crippen LogP contribution >= 0.6 is 0 Å². The zero-order valence-electron chi connectivity index (χ0n) is 42.8. The van der Waals surface area contributed by atoms with Gasteiger partial charge in [0.15, 0.2) is 11.9 Å². The zero-order chi connectivity index (χ0) is 49.6.